The first-order chi connectivity index (χ1) is 7.66. The quantitative estimate of drug-likeness (QED) is 0.618. The van der Waals surface area contributed by atoms with Gasteiger partial charge in [0.15, 0.2) is 0 Å². The van der Waals surface area contributed by atoms with E-state index in [0.717, 1.165) is 19.6 Å². The Hall–Kier alpha value is 0.0169. The zero-order valence-electron chi connectivity index (χ0n) is 11.4. The topological polar surface area (TPSA) is 46.2 Å². The van der Waals surface area contributed by atoms with Crippen LogP contribution in [0.2, 0.25) is 0 Å². The van der Waals surface area contributed by atoms with Crippen LogP contribution in [0.5, 0.6) is 0 Å². The third kappa shape index (κ3) is 9.26. The molecule has 100 valence electrons. The summed E-state index contributed by atoms with van der Waals surface area (Å²) in [4.78, 5) is 0. The fourth-order valence-electron chi connectivity index (χ4n) is 0.858. The van der Waals surface area contributed by atoms with E-state index in [9.17, 15) is 0 Å². The first kappa shape index (κ1) is 18.4. The molecule has 16 heavy (non-hydrogen) atoms. The highest BCUT2D eigenvalue weighted by atomic mass is 28.4. The summed E-state index contributed by atoms with van der Waals surface area (Å²) >= 11 is 0. The van der Waals surface area contributed by atoms with Crippen molar-refractivity contribution in [1.29, 1.82) is 0 Å². The summed E-state index contributed by atoms with van der Waals surface area (Å²) in [5.74, 6) is 0. The molecule has 0 radical (unpaired) electrons. The molecule has 0 aliphatic carbocycles. The van der Waals surface area contributed by atoms with Crippen LogP contribution < -0.4 is 0 Å². The zero-order chi connectivity index (χ0) is 12.9. The third-order valence-electron chi connectivity index (χ3n) is 1.64. The van der Waals surface area contributed by atoms with E-state index in [2.05, 4.69) is 0 Å². The molecule has 0 unspecified atom stereocenters. The van der Waals surface area contributed by atoms with Crippen molar-refractivity contribution >= 4 is 9.05 Å². The van der Waals surface area contributed by atoms with Crippen molar-refractivity contribution in [2.24, 2.45) is 0 Å². The molecule has 5 nitrogen and oxygen atoms in total. The molecule has 0 aromatic heterocycles. The second-order valence-corrected chi connectivity index (χ2v) is 5.26. The van der Waals surface area contributed by atoms with Gasteiger partial charge >= 0.3 is 9.05 Å². The van der Waals surface area contributed by atoms with Crippen molar-refractivity contribution in [3.05, 3.63) is 0 Å². The maximum atomic E-state index is 5.30. The van der Waals surface area contributed by atoms with Gasteiger partial charge in [0.1, 0.15) is 0 Å². The van der Waals surface area contributed by atoms with Crippen LogP contribution in [0.25, 0.3) is 0 Å². The van der Waals surface area contributed by atoms with Gasteiger partial charge in [-0.3, -0.25) is 0 Å². The molecule has 0 aliphatic heterocycles. The highest BCUT2D eigenvalue weighted by Gasteiger charge is 2.41. The highest BCUT2D eigenvalue weighted by molar-refractivity contribution is 6.53. The van der Waals surface area contributed by atoms with Gasteiger partial charge in [-0.05, 0) is 20.3 Å². The van der Waals surface area contributed by atoms with Gasteiger partial charge in [-0.1, -0.05) is 6.92 Å². The smallest absolute Gasteiger partial charge is 0.382 e. The zero-order valence-corrected chi connectivity index (χ0v) is 12.4. The Labute approximate surface area is 100 Å². The van der Waals surface area contributed by atoms with Gasteiger partial charge in [0.05, 0.1) is 0 Å². The van der Waals surface area contributed by atoms with Gasteiger partial charge in [0.25, 0.3) is 0 Å². The van der Waals surface area contributed by atoms with Crippen molar-refractivity contribution in [3.63, 3.8) is 0 Å². The minimum atomic E-state index is -2.74. The molecule has 0 fully saturated rings. The van der Waals surface area contributed by atoms with Crippen LogP contribution >= 0.6 is 0 Å². The van der Waals surface area contributed by atoms with Gasteiger partial charge in [-0.2, -0.15) is 0 Å². The van der Waals surface area contributed by atoms with Crippen LogP contribution in [0.4, 0.5) is 0 Å². The maximum Gasteiger partial charge on any atom is 0.678 e. The Balaban J connectivity index is 0. The van der Waals surface area contributed by atoms with E-state index in [-0.39, 0.29) is 0 Å². The maximum absolute atomic E-state index is 5.30. The Bertz CT molecular complexity index is 120. The summed E-state index contributed by atoms with van der Waals surface area (Å²) in [5.41, 5.74) is 0. The molecule has 0 rings (SSSR count). The molecule has 0 bridgehead atoms. The second kappa shape index (κ2) is 13.1. The Kier molecular flexibility index (Phi) is 15.0. The Morgan fingerprint density at radius 2 is 1.25 bits per heavy atom. The van der Waals surface area contributed by atoms with Crippen molar-refractivity contribution in [2.75, 3.05) is 41.2 Å². The van der Waals surface area contributed by atoms with Crippen molar-refractivity contribution < 1.29 is 22.4 Å². The third-order valence-corrected chi connectivity index (χ3v) is 3.70. The number of ether oxygens (including phenoxy) is 1. The van der Waals surface area contributed by atoms with Gasteiger partial charge in [0.2, 0.25) is 0 Å². The van der Waals surface area contributed by atoms with Gasteiger partial charge in [0, 0.05) is 41.2 Å². The van der Waals surface area contributed by atoms with E-state index in [4.69, 9.17) is 22.4 Å². The molecule has 6 heteroatoms. The van der Waals surface area contributed by atoms with Crippen LogP contribution in [0.3, 0.4) is 0 Å². The first-order valence-corrected chi connectivity index (χ1v) is 7.16. The Morgan fingerprint density at radius 3 is 1.44 bits per heavy atom. The standard InChI is InChI=1S/C6H16O4Si.C4H10O/c1-5-6-10-11(7-2,8-3)9-4;1-3-5-4-2/h5-6H2,1-4H3;3-4H2,1-2H3. The molecule has 0 N–H and O–H groups in total. The molecule has 0 aliphatic rings. The van der Waals surface area contributed by atoms with E-state index >= 15 is 0 Å². The first-order valence-electron chi connectivity index (χ1n) is 5.53. The monoisotopic (exact) mass is 254 g/mol. The molecular formula is C10H26O5Si. The van der Waals surface area contributed by atoms with Crippen molar-refractivity contribution in [2.45, 2.75) is 27.2 Å². The number of rotatable bonds is 8. The summed E-state index contributed by atoms with van der Waals surface area (Å²) in [6.07, 6.45) is 0.921. The summed E-state index contributed by atoms with van der Waals surface area (Å²) in [5, 5.41) is 0. The molecule has 0 saturated heterocycles. The van der Waals surface area contributed by atoms with Gasteiger partial charge < -0.3 is 22.4 Å². The minimum absolute atomic E-state index is 0.599. The molecule has 0 aromatic carbocycles. The lowest BCUT2D eigenvalue weighted by Gasteiger charge is -2.22. The second-order valence-electron chi connectivity index (χ2n) is 2.74. The fourth-order valence-corrected chi connectivity index (χ4v) is 2.17. The van der Waals surface area contributed by atoms with Crippen LogP contribution in [0.15, 0.2) is 0 Å². The number of hydrogen-bond donors (Lipinski definition) is 0. The molecule has 0 heterocycles. The van der Waals surface area contributed by atoms with Crippen LogP contribution in [-0.2, 0) is 22.4 Å². The van der Waals surface area contributed by atoms with Gasteiger partial charge in [-0.25, -0.2) is 0 Å². The molecule has 0 amide bonds. The number of hydrogen-bond acceptors (Lipinski definition) is 5. The summed E-state index contributed by atoms with van der Waals surface area (Å²) in [7, 11) is 1.83. The van der Waals surface area contributed by atoms with E-state index < -0.39 is 9.05 Å². The fraction of sp³-hybridized carbons (Fsp3) is 1.00. The van der Waals surface area contributed by atoms with Gasteiger partial charge in [-0.15, -0.1) is 0 Å². The van der Waals surface area contributed by atoms with E-state index in [1.54, 1.807) is 0 Å². The van der Waals surface area contributed by atoms with E-state index in [1.165, 1.54) is 21.3 Å². The summed E-state index contributed by atoms with van der Waals surface area (Å²) in [6, 6.07) is 0. The SMILES string of the molecule is CCCO[Si](OC)(OC)OC.CCOCC. The lowest BCUT2D eigenvalue weighted by atomic mass is 10.5. The van der Waals surface area contributed by atoms with Crippen LogP contribution in [0.1, 0.15) is 27.2 Å². The molecule has 0 spiro atoms. The Morgan fingerprint density at radius 1 is 0.812 bits per heavy atom. The lowest BCUT2D eigenvalue weighted by Crippen LogP contribution is -2.46. The van der Waals surface area contributed by atoms with Crippen LogP contribution in [0, 0.1) is 0 Å². The largest absolute Gasteiger partial charge is 0.678 e. The van der Waals surface area contributed by atoms with E-state index in [0.29, 0.717) is 6.61 Å². The molecule has 0 atom stereocenters. The predicted molar refractivity (Wildman–Crippen MR) is 65.2 cm³/mol. The summed E-state index contributed by atoms with van der Waals surface area (Å²) in [6.45, 7) is 8.28. The normalized spacial score (nSPS) is 10.9. The van der Waals surface area contributed by atoms with Crippen molar-refractivity contribution in [1.82, 2.24) is 0 Å². The molecular weight excluding hydrogens is 228 g/mol. The van der Waals surface area contributed by atoms with E-state index in [1.807, 2.05) is 20.8 Å². The summed E-state index contributed by atoms with van der Waals surface area (Å²) < 4.78 is 25.2. The van der Waals surface area contributed by atoms with Crippen molar-refractivity contribution in [3.8, 4) is 0 Å². The minimum Gasteiger partial charge on any atom is -0.382 e. The molecule has 0 aromatic rings. The highest BCUT2D eigenvalue weighted by Crippen LogP contribution is 2.07. The average molecular weight is 254 g/mol. The molecule has 0 saturated carbocycles. The van der Waals surface area contributed by atoms with Crippen LogP contribution in [-0.4, -0.2) is 50.2 Å². The predicted octanol–water partition coefficient (Wildman–Crippen LogP) is 1.83. The lowest BCUT2D eigenvalue weighted by molar-refractivity contribution is 0.00610. The average Bonchev–Trinajstić information content (AvgIpc) is 2.34.